The van der Waals surface area contributed by atoms with Crippen molar-refractivity contribution in [3.05, 3.63) is 24.3 Å². The molecule has 0 spiro atoms. The number of halogens is 1. The first-order valence-corrected chi connectivity index (χ1v) is 7.25. The molecule has 1 saturated heterocycles. The first-order valence-electron chi connectivity index (χ1n) is 7.25. The molecule has 1 aromatic carbocycles. The predicted octanol–water partition coefficient (Wildman–Crippen LogP) is 2.39. The van der Waals surface area contributed by atoms with Gasteiger partial charge >= 0.3 is 6.09 Å². The highest BCUT2D eigenvalue weighted by atomic mass is 35.5. The highest BCUT2D eigenvalue weighted by Crippen LogP contribution is 2.23. The Bertz CT molecular complexity index is 453. The van der Waals surface area contributed by atoms with Crippen LogP contribution in [-0.2, 0) is 9.47 Å². The van der Waals surface area contributed by atoms with E-state index < -0.39 is 6.09 Å². The van der Waals surface area contributed by atoms with Crippen LogP contribution in [0.1, 0.15) is 6.92 Å². The minimum absolute atomic E-state index is 0. The molecule has 1 aromatic rings. The molecule has 0 aliphatic carbocycles. The predicted molar refractivity (Wildman–Crippen MR) is 87.1 cm³/mol. The van der Waals surface area contributed by atoms with Crippen LogP contribution in [0.15, 0.2) is 24.3 Å². The van der Waals surface area contributed by atoms with Gasteiger partial charge in [0.15, 0.2) is 0 Å². The summed E-state index contributed by atoms with van der Waals surface area (Å²) in [6.07, 6.45) is -0.463. The minimum Gasteiger partial charge on any atom is -0.492 e. The number of hydrogen-bond donors (Lipinski definition) is 1. The van der Waals surface area contributed by atoms with Gasteiger partial charge in [-0.1, -0.05) is 12.1 Å². The molecule has 0 aromatic heterocycles. The summed E-state index contributed by atoms with van der Waals surface area (Å²) in [6, 6.07) is 7.30. The summed E-state index contributed by atoms with van der Waals surface area (Å²) >= 11 is 0. The number of anilines is 1. The second kappa shape index (κ2) is 10.3. The molecule has 7 heteroatoms. The monoisotopic (exact) mass is 330 g/mol. The highest BCUT2D eigenvalue weighted by molar-refractivity contribution is 5.86. The fourth-order valence-corrected chi connectivity index (χ4v) is 2.09. The summed E-state index contributed by atoms with van der Waals surface area (Å²) in [5.74, 6) is 0.644. The molecular weight excluding hydrogens is 308 g/mol. The van der Waals surface area contributed by atoms with Crippen LogP contribution in [0.3, 0.4) is 0 Å². The summed E-state index contributed by atoms with van der Waals surface area (Å²) < 4.78 is 15.9. The summed E-state index contributed by atoms with van der Waals surface area (Å²) in [5, 5.41) is 2.70. The van der Waals surface area contributed by atoms with Crippen molar-refractivity contribution in [1.29, 1.82) is 0 Å². The van der Waals surface area contributed by atoms with Gasteiger partial charge in [-0.2, -0.15) is 0 Å². The van der Waals surface area contributed by atoms with Crippen molar-refractivity contribution < 1.29 is 19.0 Å². The van der Waals surface area contributed by atoms with Gasteiger partial charge in [-0.15, -0.1) is 12.4 Å². The zero-order valence-corrected chi connectivity index (χ0v) is 13.6. The SMILES string of the molecule is CCOc1ccccc1NC(=O)OCCN1CCOCC1.Cl. The number of rotatable bonds is 6. The largest absolute Gasteiger partial charge is 0.492 e. The Hall–Kier alpha value is -1.50. The van der Waals surface area contributed by atoms with Crippen molar-refractivity contribution in [2.45, 2.75) is 6.92 Å². The number of nitrogens with one attached hydrogen (secondary N) is 1. The maximum absolute atomic E-state index is 11.8. The van der Waals surface area contributed by atoms with Crippen molar-refractivity contribution in [3.63, 3.8) is 0 Å². The lowest BCUT2D eigenvalue weighted by Gasteiger charge is -2.26. The topological polar surface area (TPSA) is 60.0 Å². The third-order valence-corrected chi connectivity index (χ3v) is 3.17. The lowest BCUT2D eigenvalue weighted by Crippen LogP contribution is -2.38. The number of carbonyl (C=O) groups excluding carboxylic acids is 1. The number of morpholine rings is 1. The van der Waals surface area contributed by atoms with Gasteiger partial charge in [-0.3, -0.25) is 10.2 Å². The van der Waals surface area contributed by atoms with Gasteiger partial charge < -0.3 is 14.2 Å². The van der Waals surface area contributed by atoms with Crippen molar-refractivity contribution in [2.75, 3.05) is 51.4 Å². The number of hydrogen-bond acceptors (Lipinski definition) is 5. The molecule has 2 rings (SSSR count). The van der Waals surface area contributed by atoms with Gasteiger partial charge in [0.05, 0.1) is 25.5 Å². The molecule has 6 nitrogen and oxygen atoms in total. The van der Waals surface area contributed by atoms with Gasteiger partial charge in [0.1, 0.15) is 12.4 Å². The maximum Gasteiger partial charge on any atom is 0.411 e. The van der Waals surface area contributed by atoms with E-state index in [0.29, 0.717) is 24.7 Å². The molecular formula is C15H23ClN2O4. The number of carbonyl (C=O) groups is 1. The molecule has 0 bridgehead atoms. The Morgan fingerprint density at radius 2 is 2.05 bits per heavy atom. The van der Waals surface area contributed by atoms with Crippen molar-refractivity contribution in [3.8, 4) is 5.75 Å². The van der Waals surface area contributed by atoms with E-state index in [9.17, 15) is 4.79 Å². The van der Waals surface area contributed by atoms with Crippen LogP contribution in [0, 0.1) is 0 Å². The molecule has 0 unspecified atom stereocenters. The standard InChI is InChI=1S/C15H22N2O4.ClH/c1-2-20-14-6-4-3-5-13(14)16-15(18)21-12-9-17-7-10-19-11-8-17;/h3-6H,2,7-12H2,1H3,(H,16,18);1H. The molecule has 22 heavy (non-hydrogen) atoms. The molecule has 1 N–H and O–H groups in total. The Morgan fingerprint density at radius 3 is 2.77 bits per heavy atom. The Morgan fingerprint density at radius 1 is 1.32 bits per heavy atom. The molecule has 1 heterocycles. The van der Waals surface area contributed by atoms with Gasteiger partial charge in [-0.05, 0) is 19.1 Å². The summed E-state index contributed by atoms with van der Waals surface area (Å²) in [5.41, 5.74) is 0.621. The third-order valence-electron chi connectivity index (χ3n) is 3.17. The minimum atomic E-state index is -0.463. The molecule has 1 aliphatic rings. The molecule has 0 radical (unpaired) electrons. The average Bonchev–Trinajstić information content (AvgIpc) is 2.50. The smallest absolute Gasteiger partial charge is 0.411 e. The van der Waals surface area contributed by atoms with Gasteiger partial charge in [0.2, 0.25) is 0 Å². The van der Waals surface area contributed by atoms with Crippen molar-refractivity contribution >= 4 is 24.2 Å². The van der Waals surface area contributed by atoms with E-state index in [4.69, 9.17) is 14.2 Å². The van der Waals surface area contributed by atoms with E-state index >= 15 is 0 Å². The van der Waals surface area contributed by atoms with Crippen LogP contribution >= 0.6 is 12.4 Å². The van der Waals surface area contributed by atoms with Crippen LogP contribution < -0.4 is 10.1 Å². The molecule has 1 amide bonds. The van der Waals surface area contributed by atoms with Crippen LogP contribution in [0.5, 0.6) is 5.75 Å². The van der Waals surface area contributed by atoms with Crippen LogP contribution in [0.25, 0.3) is 0 Å². The average molecular weight is 331 g/mol. The fourth-order valence-electron chi connectivity index (χ4n) is 2.09. The van der Waals surface area contributed by atoms with Crippen molar-refractivity contribution in [1.82, 2.24) is 4.90 Å². The normalized spacial score (nSPS) is 14.8. The van der Waals surface area contributed by atoms with E-state index in [1.54, 1.807) is 6.07 Å². The molecule has 124 valence electrons. The third kappa shape index (κ3) is 6.09. The van der Waals surface area contributed by atoms with Gasteiger partial charge in [0, 0.05) is 19.6 Å². The summed E-state index contributed by atoms with van der Waals surface area (Å²) in [4.78, 5) is 14.0. The lowest BCUT2D eigenvalue weighted by molar-refractivity contribution is 0.0290. The van der Waals surface area contributed by atoms with E-state index in [0.717, 1.165) is 32.8 Å². The number of para-hydroxylation sites is 2. The number of ether oxygens (including phenoxy) is 3. The second-order valence-corrected chi connectivity index (χ2v) is 4.64. The zero-order valence-electron chi connectivity index (χ0n) is 12.7. The molecule has 0 atom stereocenters. The molecule has 1 fully saturated rings. The van der Waals surface area contributed by atoms with Gasteiger partial charge in [0.25, 0.3) is 0 Å². The molecule has 1 aliphatic heterocycles. The van der Waals surface area contributed by atoms with Crippen LogP contribution in [0.4, 0.5) is 10.5 Å². The Kier molecular flexibility index (Phi) is 8.65. The number of nitrogens with zero attached hydrogens (tertiary/aromatic N) is 1. The number of benzene rings is 1. The van der Waals surface area contributed by atoms with E-state index in [1.165, 1.54) is 0 Å². The summed E-state index contributed by atoms with van der Waals surface area (Å²) in [7, 11) is 0. The first-order chi connectivity index (χ1) is 10.3. The second-order valence-electron chi connectivity index (χ2n) is 4.64. The zero-order chi connectivity index (χ0) is 14.9. The summed E-state index contributed by atoms with van der Waals surface area (Å²) in [6.45, 7) is 6.80. The Labute approximate surface area is 137 Å². The lowest BCUT2D eigenvalue weighted by atomic mass is 10.3. The highest BCUT2D eigenvalue weighted by Gasteiger charge is 2.12. The maximum atomic E-state index is 11.8. The van der Waals surface area contributed by atoms with Crippen molar-refractivity contribution in [2.24, 2.45) is 0 Å². The van der Waals surface area contributed by atoms with E-state index in [1.807, 2.05) is 25.1 Å². The van der Waals surface area contributed by atoms with Crippen LogP contribution in [-0.4, -0.2) is 57.1 Å². The van der Waals surface area contributed by atoms with E-state index in [-0.39, 0.29) is 12.4 Å². The fraction of sp³-hybridized carbons (Fsp3) is 0.533. The quantitative estimate of drug-likeness (QED) is 0.868. The Balaban J connectivity index is 0.00000242. The van der Waals surface area contributed by atoms with E-state index in [2.05, 4.69) is 10.2 Å². The van der Waals surface area contributed by atoms with Gasteiger partial charge in [-0.25, -0.2) is 4.79 Å². The molecule has 0 saturated carbocycles. The van der Waals surface area contributed by atoms with Crippen LogP contribution in [0.2, 0.25) is 0 Å². The first kappa shape index (κ1) is 18.5. The number of amides is 1.